The van der Waals surface area contributed by atoms with Crippen molar-refractivity contribution < 1.29 is 0 Å². The standard InChI is InChI=1S/C39H26N2S/c1-3-9-27(10-4-1)29-17-20-33(21-18-29)41(35-25-37-36-13-7-8-14-38(36)42-39(37)40-26-35)34-22-19-31-23-30(15-16-32(31)24-34)28-11-5-2-6-12-28/h1-26H. The minimum Gasteiger partial charge on any atom is -0.309 e. The normalized spacial score (nSPS) is 11.3. The molecule has 0 radical (unpaired) electrons. The first-order valence-corrected chi connectivity index (χ1v) is 14.9. The van der Waals surface area contributed by atoms with Crippen molar-refractivity contribution in [3.05, 3.63) is 158 Å². The Balaban J connectivity index is 1.27. The van der Waals surface area contributed by atoms with Gasteiger partial charge in [-0.15, -0.1) is 11.3 Å². The van der Waals surface area contributed by atoms with Gasteiger partial charge in [0.15, 0.2) is 0 Å². The number of nitrogens with zero attached hydrogens (tertiary/aromatic N) is 2. The van der Waals surface area contributed by atoms with E-state index in [9.17, 15) is 0 Å². The highest BCUT2D eigenvalue weighted by molar-refractivity contribution is 7.25. The molecule has 2 heterocycles. The number of rotatable bonds is 5. The van der Waals surface area contributed by atoms with Crippen LogP contribution in [0.5, 0.6) is 0 Å². The van der Waals surface area contributed by atoms with Gasteiger partial charge in [-0.1, -0.05) is 109 Å². The number of thiophene rings is 1. The third-order valence-electron chi connectivity index (χ3n) is 7.90. The van der Waals surface area contributed by atoms with Crippen molar-refractivity contribution in [2.75, 3.05) is 4.90 Å². The molecule has 0 N–H and O–H groups in total. The van der Waals surface area contributed by atoms with Crippen LogP contribution >= 0.6 is 11.3 Å². The number of anilines is 3. The summed E-state index contributed by atoms with van der Waals surface area (Å²) in [5.41, 5.74) is 8.10. The maximum absolute atomic E-state index is 4.94. The van der Waals surface area contributed by atoms with Crippen LogP contribution in [0.25, 0.3) is 53.3 Å². The summed E-state index contributed by atoms with van der Waals surface area (Å²) in [6.45, 7) is 0. The lowest BCUT2D eigenvalue weighted by atomic mass is 10.0. The molecular formula is C39H26N2S. The summed E-state index contributed by atoms with van der Waals surface area (Å²) < 4.78 is 1.26. The van der Waals surface area contributed by atoms with Crippen molar-refractivity contribution in [3.8, 4) is 22.3 Å². The molecule has 198 valence electrons. The average molecular weight is 555 g/mol. The van der Waals surface area contributed by atoms with E-state index in [4.69, 9.17) is 4.98 Å². The molecule has 0 aliphatic rings. The molecule has 0 saturated heterocycles. The topological polar surface area (TPSA) is 16.1 Å². The fourth-order valence-electron chi connectivity index (χ4n) is 5.78. The Labute approximate surface area is 248 Å². The van der Waals surface area contributed by atoms with Crippen LogP contribution in [0.2, 0.25) is 0 Å². The number of fused-ring (bicyclic) bond motifs is 4. The minimum absolute atomic E-state index is 1.04. The van der Waals surface area contributed by atoms with Gasteiger partial charge in [-0.25, -0.2) is 4.98 Å². The van der Waals surface area contributed by atoms with Crippen LogP contribution in [0.4, 0.5) is 17.1 Å². The van der Waals surface area contributed by atoms with Gasteiger partial charge in [-0.2, -0.15) is 0 Å². The van der Waals surface area contributed by atoms with Crippen LogP contribution in [-0.4, -0.2) is 4.98 Å². The average Bonchev–Trinajstić information content (AvgIpc) is 3.44. The Morgan fingerprint density at radius 3 is 1.81 bits per heavy atom. The number of hydrogen-bond acceptors (Lipinski definition) is 3. The Morgan fingerprint density at radius 1 is 0.429 bits per heavy atom. The lowest BCUT2D eigenvalue weighted by molar-refractivity contribution is 1.26. The molecule has 0 spiro atoms. The summed E-state index contributed by atoms with van der Waals surface area (Å²) in [6.07, 6.45) is 2.01. The number of pyridine rings is 1. The third-order valence-corrected chi connectivity index (χ3v) is 9.00. The molecule has 0 atom stereocenters. The second kappa shape index (κ2) is 10.3. The summed E-state index contributed by atoms with van der Waals surface area (Å²) in [5.74, 6) is 0. The lowest BCUT2D eigenvalue weighted by Gasteiger charge is -2.26. The molecule has 0 bridgehead atoms. The predicted molar refractivity (Wildman–Crippen MR) is 180 cm³/mol. The molecule has 3 heteroatoms. The molecule has 0 fully saturated rings. The van der Waals surface area contributed by atoms with Crippen molar-refractivity contribution >= 4 is 59.5 Å². The Hall–Kier alpha value is -5.25. The molecule has 0 saturated carbocycles. The van der Waals surface area contributed by atoms with Crippen LogP contribution in [-0.2, 0) is 0 Å². The van der Waals surface area contributed by atoms with Gasteiger partial charge in [-0.3, -0.25) is 0 Å². The molecule has 0 unspecified atom stereocenters. The van der Waals surface area contributed by atoms with Crippen molar-refractivity contribution in [1.82, 2.24) is 4.98 Å². The Bertz CT molecular complexity index is 2180. The van der Waals surface area contributed by atoms with E-state index in [1.807, 2.05) is 6.20 Å². The van der Waals surface area contributed by atoms with E-state index in [-0.39, 0.29) is 0 Å². The molecule has 0 aliphatic carbocycles. The van der Waals surface area contributed by atoms with E-state index in [1.165, 1.54) is 48.5 Å². The number of benzene rings is 6. The summed E-state index contributed by atoms with van der Waals surface area (Å²) in [6, 6.07) is 54.2. The lowest BCUT2D eigenvalue weighted by Crippen LogP contribution is -2.10. The minimum atomic E-state index is 1.04. The van der Waals surface area contributed by atoms with Crippen LogP contribution in [0, 0.1) is 0 Å². The van der Waals surface area contributed by atoms with Gasteiger partial charge in [0, 0.05) is 26.8 Å². The van der Waals surface area contributed by atoms with Crippen molar-refractivity contribution in [2.24, 2.45) is 0 Å². The van der Waals surface area contributed by atoms with Crippen LogP contribution < -0.4 is 4.90 Å². The Kier molecular flexibility index (Phi) is 6.02. The Morgan fingerprint density at radius 2 is 1.02 bits per heavy atom. The summed E-state index contributed by atoms with van der Waals surface area (Å²) in [5, 5.41) is 4.86. The highest BCUT2D eigenvalue weighted by Gasteiger charge is 2.16. The maximum atomic E-state index is 4.94. The predicted octanol–water partition coefficient (Wildman–Crippen LogP) is 11.4. The fraction of sp³-hybridized carbons (Fsp3) is 0. The molecule has 8 rings (SSSR count). The van der Waals surface area contributed by atoms with E-state index in [2.05, 4.69) is 157 Å². The van der Waals surface area contributed by atoms with E-state index >= 15 is 0 Å². The molecule has 2 aromatic heterocycles. The number of hydrogen-bond donors (Lipinski definition) is 0. The monoisotopic (exact) mass is 554 g/mol. The van der Waals surface area contributed by atoms with E-state index in [0.717, 1.165) is 21.9 Å². The van der Waals surface area contributed by atoms with Crippen LogP contribution in [0.15, 0.2) is 158 Å². The van der Waals surface area contributed by atoms with Crippen molar-refractivity contribution in [3.63, 3.8) is 0 Å². The van der Waals surface area contributed by atoms with Gasteiger partial charge in [0.2, 0.25) is 0 Å². The zero-order valence-electron chi connectivity index (χ0n) is 22.8. The van der Waals surface area contributed by atoms with Crippen LogP contribution in [0.1, 0.15) is 0 Å². The maximum Gasteiger partial charge on any atom is 0.124 e. The smallest absolute Gasteiger partial charge is 0.124 e. The third kappa shape index (κ3) is 4.41. The summed E-state index contributed by atoms with van der Waals surface area (Å²) in [4.78, 5) is 8.32. The quantitative estimate of drug-likeness (QED) is 0.210. The summed E-state index contributed by atoms with van der Waals surface area (Å²) >= 11 is 1.74. The van der Waals surface area contributed by atoms with Gasteiger partial charge in [0.05, 0.1) is 11.9 Å². The first-order valence-electron chi connectivity index (χ1n) is 14.1. The molecular weight excluding hydrogens is 529 g/mol. The van der Waals surface area contributed by atoms with Crippen LogP contribution in [0.3, 0.4) is 0 Å². The number of aromatic nitrogens is 1. The van der Waals surface area contributed by atoms with Gasteiger partial charge in [0.25, 0.3) is 0 Å². The van der Waals surface area contributed by atoms with Gasteiger partial charge in [-0.05, 0) is 75.5 Å². The largest absolute Gasteiger partial charge is 0.309 e. The SMILES string of the molecule is c1ccc(-c2ccc(N(c3ccc4cc(-c5ccccc5)ccc4c3)c3cnc4sc5ccccc5c4c3)cc2)cc1. The molecule has 0 aliphatic heterocycles. The first kappa shape index (κ1) is 24.5. The van der Waals surface area contributed by atoms with E-state index in [0.29, 0.717) is 0 Å². The molecule has 8 aromatic rings. The second-order valence-electron chi connectivity index (χ2n) is 10.5. The van der Waals surface area contributed by atoms with E-state index in [1.54, 1.807) is 11.3 Å². The highest BCUT2D eigenvalue weighted by atomic mass is 32.1. The van der Waals surface area contributed by atoms with Gasteiger partial charge >= 0.3 is 0 Å². The van der Waals surface area contributed by atoms with Crippen molar-refractivity contribution in [1.29, 1.82) is 0 Å². The fourth-order valence-corrected chi connectivity index (χ4v) is 6.81. The molecule has 0 amide bonds. The molecule has 6 aromatic carbocycles. The van der Waals surface area contributed by atoms with E-state index < -0.39 is 0 Å². The second-order valence-corrected chi connectivity index (χ2v) is 11.5. The summed E-state index contributed by atoms with van der Waals surface area (Å²) in [7, 11) is 0. The van der Waals surface area contributed by atoms with Crippen molar-refractivity contribution in [2.45, 2.75) is 0 Å². The van der Waals surface area contributed by atoms with Gasteiger partial charge in [0.1, 0.15) is 4.83 Å². The molecule has 42 heavy (non-hydrogen) atoms. The highest BCUT2D eigenvalue weighted by Crippen LogP contribution is 2.41. The zero-order chi connectivity index (χ0) is 27.9. The molecule has 2 nitrogen and oxygen atoms in total. The first-order chi connectivity index (χ1) is 20.8. The zero-order valence-corrected chi connectivity index (χ0v) is 23.6. The van der Waals surface area contributed by atoms with Gasteiger partial charge < -0.3 is 4.90 Å².